The Bertz CT molecular complexity index is 489. The van der Waals surface area contributed by atoms with E-state index in [0.717, 1.165) is 57.3 Å². The molecule has 0 unspecified atom stereocenters. The summed E-state index contributed by atoms with van der Waals surface area (Å²) in [5, 5.41) is 13.9. The molecular weight excluding hydrogens is 276 g/mol. The zero-order valence-corrected chi connectivity index (χ0v) is 13.1. The summed E-state index contributed by atoms with van der Waals surface area (Å²) in [5.74, 6) is 0.127. The standard InChI is InChI=1S/C18H26N2O2/c21-17(14-18(22)10-4-5-11-18)20-12-8-16(9-13-20)19-15-6-2-1-3-7-15/h1-3,6-7,16,19,22H,4-5,8-14H2. The molecule has 0 spiro atoms. The number of piperidine rings is 1. The van der Waals surface area contributed by atoms with Crippen LogP contribution in [0, 0.1) is 0 Å². The van der Waals surface area contributed by atoms with Gasteiger partial charge in [-0.05, 0) is 37.8 Å². The molecule has 120 valence electrons. The van der Waals surface area contributed by atoms with E-state index in [0.29, 0.717) is 12.5 Å². The van der Waals surface area contributed by atoms with Gasteiger partial charge in [-0.1, -0.05) is 31.0 Å². The largest absolute Gasteiger partial charge is 0.389 e. The van der Waals surface area contributed by atoms with Crippen LogP contribution in [0.15, 0.2) is 30.3 Å². The molecule has 0 bridgehead atoms. The Kier molecular flexibility index (Phi) is 4.67. The molecule has 1 heterocycles. The first-order chi connectivity index (χ1) is 10.6. The lowest BCUT2D eigenvalue weighted by Gasteiger charge is -2.34. The SMILES string of the molecule is O=C(CC1(O)CCCC1)N1CCC(Nc2ccccc2)CC1. The van der Waals surface area contributed by atoms with Crippen molar-refractivity contribution in [2.45, 2.75) is 56.6 Å². The van der Waals surface area contributed by atoms with E-state index in [-0.39, 0.29) is 5.91 Å². The van der Waals surface area contributed by atoms with Crippen LogP contribution >= 0.6 is 0 Å². The normalized spacial score (nSPS) is 21.8. The lowest BCUT2D eigenvalue weighted by molar-refractivity contribution is -0.137. The highest BCUT2D eigenvalue weighted by Gasteiger charge is 2.35. The molecule has 1 saturated carbocycles. The zero-order chi connectivity index (χ0) is 15.4. The fraction of sp³-hybridized carbons (Fsp3) is 0.611. The maximum atomic E-state index is 12.4. The Morgan fingerprint density at radius 2 is 1.82 bits per heavy atom. The van der Waals surface area contributed by atoms with Gasteiger partial charge >= 0.3 is 0 Å². The van der Waals surface area contributed by atoms with Crippen molar-refractivity contribution in [1.82, 2.24) is 4.90 Å². The number of nitrogens with one attached hydrogen (secondary N) is 1. The number of anilines is 1. The summed E-state index contributed by atoms with van der Waals surface area (Å²) in [6.45, 7) is 1.58. The molecule has 4 heteroatoms. The second-order valence-corrected chi connectivity index (χ2v) is 6.77. The van der Waals surface area contributed by atoms with Gasteiger partial charge in [0.2, 0.25) is 5.91 Å². The molecule has 1 aromatic carbocycles. The number of carbonyl (C=O) groups excluding carboxylic acids is 1. The Morgan fingerprint density at radius 1 is 1.18 bits per heavy atom. The third-order valence-electron chi connectivity index (χ3n) is 5.01. The third-order valence-corrected chi connectivity index (χ3v) is 5.01. The minimum atomic E-state index is -0.726. The highest BCUT2D eigenvalue weighted by molar-refractivity contribution is 5.77. The van der Waals surface area contributed by atoms with Crippen LogP contribution in [0.25, 0.3) is 0 Å². The second-order valence-electron chi connectivity index (χ2n) is 6.77. The van der Waals surface area contributed by atoms with Crippen LogP contribution in [0.4, 0.5) is 5.69 Å². The van der Waals surface area contributed by atoms with Crippen molar-refractivity contribution < 1.29 is 9.90 Å². The maximum Gasteiger partial charge on any atom is 0.225 e. The van der Waals surface area contributed by atoms with E-state index in [4.69, 9.17) is 0 Å². The first kappa shape index (κ1) is 15.3. The molecule has 22 heavy (non-hydrogen) atoms. The zero-order valence-electron chi connectivity index (χ0n) is 13.1. The third kappa shape index (κ3) is 3.80. The lowest BCUT2D eigenvalue weighted by atomic mass is 9.96. The van der Waals surface area contributed by atoms with Gasteiger partial charge in [0.1, 0.15) is 0 Å². The monoisotopic (exact) mass is 302 g/mol. The molecule has 0 radical (unpaired) electrons. The molecule has 2 fully saturated rings. The Morgan fingerprint density at radius 3 is 2.45 bits per heavy atom. The number of likely N-dealkylation sites (tertiary alicyclic amines) is 1. The smallest absolute Gasteiger partial charge is 0.225 e. The van der Waals surface area contributed by atoms with Gasteiger partial charge in [-0.2, -0.15) is 0 Å². The number of amides is 1. The summed E-state index contributed by atoms with van der Waals surface area (Å²) < 4.78 is 0. The van der Waals surface area contributed by atoms with Crippen molar-refractivity contribution in [2.75, 3.05) is 18.4 Å². The molecule has 3 rings (SSSR count). The van der Waals surface area contributed by atoms with Crippen molar-refractivity contribution in [2.24, 2.45) is 0 Å². The molecule has 0 aromatic heterocycles. The van der Waals surface area contributed by atoms with E-state index < -0.39 is 5.60 Å². The maximum absolute atomic E-state index is 12.4. The van der Waals surface area contributed by atoms with Crippen molar-refractivity contribution >= 4 is 11.6 Å². The van der Waals surface area contributed by atoms with Gasteiger partial charge in [0.25, 0.3) is 0 Å². The molecule has 0 atom stereocenters. The molecular formula is C18H26N2O2. The summed E-state index contributed by atoms with van der Waals surface area (Å²) in [4.78, 5) is 14.3. The predicted octanol–water partition coefficient (Wildman–Crippen LogP) is 2.78. The van der Waals surface area contributed by atoms with E-state index in [1.54, 1.807) is 0 Å². The van der Waals surface area contributed by atoms with Gasteiger partial charge in [0.05, 0.1) is 12.0 Å². The Hall–Kier alpha value is -1.55. The number of aliphatic hydroxyl groups is 1. The van der Waals surface area contributed by atoms with Gasteiger partial charge in [0.15, 0.2) is 0 Å². The molecule has 1 aliphatic carbocycles. The van der Waals surface area contributed by atoms with E-state index >= 15 is 0 Å². The van der Waals surface area contributed by atoms with Crippen LogP contribution in [0.3, 0.4) is 0 Å². The van der Waals surface area contributed by atoms with E-state index in [1.165, 1.54) is 0 Å². The summed E-state index contributed by atoms with van der Waals surface area (Å²) in [6.07, 6.45) is 5.91. The number of hydrogen-bond acceptors (Lipinski definition) is 3. The summed E-state index contributed by atoms with van der Waals surface area (Å²) >= 11 is 0. The van der Waals surface area contributed by atoms with Crippen LogP contribution in [-0.4, -0.2) is 40.6 Å². The minimum absolute atomic E-state index is 0.127. The second kappa shape index (κ2) is 6.69. The number of benzene rings is 1. The molecule has 2 aliphatic rings. The average molecular weight is 302 g/mol. The van der Waals surface area contributed by atoms with Gasteiger partial charge in [-0.15, -0.1) is 0 Å². The van der Waals surface area contributed by atoms with Crippen molar-refractivity contribution in [3.05, 3.63) is 30.3 Å². The Balaban J connectivity index is 1.46. The highest BCUT2D eigenvalue weighted by atomic mass is 16.3. The summed E-state index contributed by atoms with van der Waals surface area (Å²) in [7, 11) is 0. The van der Waals surface area contributed by atoms with Crippen LogP contribution < -0.4 is 5.32 Å². The number of rotatable bonds is 4. The van der Waals surface area contributed by atoms with Crippen LogP contribution in [-0.2, 0) is 4.79 Å². The van der Waals surface area contributed by atoms with Crippen molar-refractivity contribution in [3.63, 3.8) is 0 Å². The van der Waals surface area contributed by atoms with Gasteiger partial charge in [0, 0.05) is 24.8 Å². The first-order valence-electron chi connectivity index (χ1n) is 8.46. The first-order valence-corrected chi connectivity index (χ1v) is 8.46. The average Bonchev–Trinajstić information content (AvgIpc) is 2.95. The topological polar surface area (TPSA) is 52.6 Å². The van der Waals surface area contributed by atoms with Crippen LogP contribution in [0.5, 0.6) is 0 Å². The Labute approximate surface area is 132 Å². The van der Waals surface area contributed by atoms with Crippen LogP contribution in [0.1, 0.15) is 44.9 Å². The number of hydrogen-bond donors (Lipinski definition) is 2. The fourth-order valence-corrected chi connectivity index (χ4v) is 3.65. The van der Waals surface area contributed by atoms with Crippen molar-refractivity contribution in [3.8, 4) is 0 Å². The van der Waals surface area contributed by atoms with E-state index in [1.807, 2.05) is 23.1 Å². The number of para-hydroxylation sites is 1. The molecule has 1 saturated heterocycles. The lowest BCUT2D eigenvalue weighted by Crippen LogP contribution is -2.44. The number of carbonyl (C=O) groups is 1. The molecule has 2 N–H and O–H groups in total. The molecule has 1 amide bonds. The number of nitrogens with zero attached hydrogens (tertiary/aromatic N) is 1. The molecule has 4 nitrogen and oxygen atoms in total. The van der Waals surface area contributed by atoms with Gasteiger partial charge < -0.3 is 15.3 Å². The fourth-order valence-electron chi connectivity index (χ4n) is 3.65. The van der Waals surface area contributed by atoms with Gasteiger partial charge in [-0.25, -0.2) is 0 Å². The molecule has 1 aromatic rings. The van der Waals surface area contributed by atoms with Crippen molar-refractivity contribution in [1.29, 1.82) is 0 Å². The summed E-state index contributed by atoms with van der Waals surface area (Å²) in [6, 6.07) is 10.7. The predicted molar refractivity (Wildman–Crippen MR) is 87.7 cm³/mol. The van der Waals surface area contributed by atoms with E-state index in [9.17, 15) is 9.90 Å². The quantitative estimate of drug-likeness (QED) is 0.899. The van der Waals surface area contributed by atoms with Crippen LogP contribution in [0.2, 0.25) is 0 Å². The molecule has 1 aliphatic heterocycles. The van der Waals surface area contributed by atoms with E-state index in [2.05, 4.69) is 17.4 Å². The van der Waals surface area contributed by atoms with Gasteiger partial charge in [-0.3, -0.25) is 4.79 Å². The summed E-state index contributed by atoms with van der Waals surface area (Å²) in [5.41, 5.74) is 0.420. The minimum Gasteiger partial charge on any atom is -0.389 e. The highest BCUT2D eigenvalue weighted by Crippen LogP contribution is 2.33.